The molecule has 1 N–H and O–H groups in total. The first kappa shape index (κ1) is 22.8. The number of rotatable bonds is 5. The van der Waals surface area contributed by atoms with Crippen molar-refractivity contribution in [3.63, 3.8) is 0 Å². The molecular formula is C29H23ClN2O3. The van der Waals surface area contributed by atoms with Gasteiger partial charge in [0, 0.05) is 34.8 Å². The monoisotopic (exact) mass is 482 g/mol. The predicted octanol–water partition coefficient (Wildman–Crippen LogP) is 6.23. The molecule has 0 fully saturated rings. The highest BCUT2D eigenvalue weighted by atomic mass is 35.5. The second-order valence-electron chi connectivity index (χ2n) is 8.62. The number of halogens is 1. The van der Waals surface area contributed by atoms with Crippen LogP contribution in [-0.2, 0) is 4.79 Å². The van der Waals surface area contributed by atoms with Crippen LogP contribution in [0, 0.1) is 11.3 Å². The summed E-state index contributed by atoms with van der Waals surface area (Å²) in [5, 5.41) is 14.1. The molecule has 174 valence electrons. The van der Waals surface area contributed by atoms with E-state index in [2.05, 4.69) is 11.4 Å². The molecule has 0 aromatic heterocycles. The molecule has 0 spiro atoms. The molecule has 1 aliphatic carbocycles. The van der Waals surface area contributed by atoms with Crippen molar-refractivity contribution in [2.45, 2.75) is 24.7 Å². The molecule has 0 saturated heterocycles. The number of nitrogens with zero attached hydrogens (tertiary/aromatic N) is 1. The molecule has 3 aromatic carbocycles. The van der Waals surface area contributed by atoms with Gasteiger partial charge in [-0.2, -0.15) is 5.26 Å². The molecule has 6 heteroatoms. The van der Waals surface area contributed by atoms with Gasteiger partial charge in [-0.05, 0) is 41.7 Å². The molecule has 2 aliphatic rings. The van der Waals surface area contributed by atoms with Crippen molar-refractivity contribution < 1.29 is 14.3 Å². The second kappa shape index (κ2) is 9.69. The molecule has 5 nitrogen and oxygen atoms in total. The Bertz CT molecular complexity index is 1370. The number of allylic oxidation sites excluding steroid dienone is 3. The van der Waals surface area contributed by atoms with Crippen LogP contribution in [0.25, 0.3) is 0 Å². The fraction of sp³-hybridized carbons (Fsp3) is 0.172. The van der Waals surface area contributed by atoms with E-state index >= 15 is 0 Å². The van der Waals surface area contributed by atoms with E-state index in [-0.39, 0.29) is 17.6 Å². The van der Waals surface area contributed by atoms with Crippen molar-refractivity contribution in [2.75, 3.05) is 7.11 Å². The molecule has 0 amide bonds. The minimum Gasteiger partial charge on any atom is -0.497 e. The molecule has 0 radical (unpaired) electrons. The third-order valence-electron chi connectivity index (χ3n) is 6.40. The number of hydrogen-bond donors (Lipinski definition) is 1. The van der Waals surface area contributed by atoms with E-state index in [1.807, 2.05) is 66.7 Å². The number of carbonyl (C=O) groups excluding carboxylic acids is 1. The van der Waals surface area contributed by atoms with Gasteiger partial charge in [-0.15, -0.1) is 0 Å². The minimum atomic E-state index is -0.362. The van der Waals surface area contributed by atoms with Gasteiger partial charge in [-0.3, -0.25) is 4.79 Å². The number of nitrogens with one attached hydrogen (secondary N) is 1. The smallest absolute Gasteiger partial charge is 0.212 e. The Morgan fingerprint density at radius 1 is 1.03 bits per heavy atom. The zero-order valence-corrected chi connectivity index (χ0v) is 19.9. The summed E-state index contributed by atoms with van der Waals surface area (Å²) < 4.78 is 11.6. The van der Waals surface area contributed by atoms with E-state index in [1.165, 1.54) is 0 Å². The first-order chi connectivity index (χ1) is 17.1. The van der Waals surface area contributed by atoms with Gasteiger partial charge in [0.2, 0.25) is 5.88 Å². The van der Waals surface area contributed by atoms with Crippen LogP contribution in [0.15, 0.2) is 96.0 Å². The fourth-order valence-corrected chi connectivity index (χ4v) is 4.84. The lowest BCUT2D eigenvalue weighted by Gasteiger charge is -2.30. The zero-order chi connectivity index (χ0) is 24.4. The Labute approximate surface area is 209 Å². The van der Waals surface area contributed by atoms with Gasteiger partial charge in [-0.1, -0.05) is 60.1 Å². The molecule has 0 saturated carbocycles. The topological polar surface area (TPSA) is 71.3 Å². The van der Waals surface area contributed by atoms with Gasteiger partial charge in [0.1, 0.15) is 23.1 Å². The summed E-state index contributed by atoms with van der Waals surface area (Å²) in [6.07, 6.45) is 2.70. The number of methoxy groups -OCH3 is 1. The van der Waals surface area contributed by atoms with E-state index in [9.17, 15) is 10.1 Å². The molecule has 3 aromatic rings. The van der Waals surface area contributed by atoms with Gasteiger partial charge < -0.3 is 14.8 Å². The van der Waals surface area contributed by atoms with Crippen LogP contribution >= 0.6 is 11.6 Å². The number of hydrogen-bond acceptors (Lipinski definition) is 5. The van der Waals surface area contributed by atoms with Crippen LogP contribution in [0.4, 0.5) is 0 Å². The fourth-order valence-electron chi connectivity index (χ4n) is 4.72. The summed E-state index contributed by atoms with van der Waals surface area (Å²) in [7, 11) is 1.60. The van der Waals surface area contributed by atoms with Crippen LogP contribution in [0.2, 0.25) is 5.02 Å². The maximum Gasteiger partial charge on any atom is 0.212 e. The number of nitriles is 1. The van der Waals surface area contributed by atoms with Gasteiger partial charge in [0.25, 0.3) is 0 Å². The first-order valence-corrected chi connectivity index (χ1v) is 11.7. The van der Waals surface area contributed by atoms with E-state index < -0.39 is 0 Å². The molecule has 1 aliphatic heterocycles. The third kappa shape index (κ3) is 4.66. The maximum absolute atomic E-state index is 12.6. The summed E-state index contributed by atoms with van der Waals surface area (Å²) in [6, 6.07) is 25.4. The lowest BCUT2D eigenvalue weighted by atomic mass is 9.83. The van der Waals surface area contributed by atoms with Crippen molar-refractivity contribution in [3.8, 4) is 17.6 Å². The first-order valence-electron chi connectivity index (χ1n) is 11.4. The van der Waals surface area contributed by atoms with Crippen molar-refractivity contribution >= 4 is 17.4 Å². The molecule has 1 heterocycles. The molecule has 2 unspecified atom stereocenters. The largest absolute Gasteiger partial charge is 0.497 e. The number of fused-ring (bicyclic) bond motifs is 1. The van der Waals surface area contributed by atoms with Crippen molar-refractivity contribution in [2.24, 2.45) is 0 Å². The summed E-state index contributed by atoms with van der Waals surface area (Å²) in [6.45, 7) is 0. The van der Waals surface area contributed by atoms with Crippen LogP contribution in [0.5, 0.6) is 11.5 Å². The summed E-state index contributed by atoms with van der Waals surface area (Å²) in [5.74, 6) is 1.30. The highest BCUT2D eigenvalue weighted by Crippen LogP contribution is 2.44. The van der Waals surface area contributed by atoms with E-state index in [1.54, 1.807) is 19.3 Å². The Hall–Kier alpha value is -4.01. The van der Waals surface area contributed by atoms with Crippen LogP contribution in [-0.4, -0.2) is 12.9 Å². The summed E-state index contributed by atoms with van der Waals surface area (Å²) >= 11 is 6.13. The Balaban J connectivity index is 1.54. The molecule has 2 atom stereocenters. The highest BCUT2D eigenvalue weighted by Gasteiger charge is 2.33. The van der Waals surface area contributed by atoms with Crippen LogP contribution in [0.1, 0.15) is 41.4 Å². The van der Waals surface area contributed by atoms with Gasteiger partial charge in [-0.25, -0.2) is 0 Å². The molecular weight excluding hydrogens is 460 g/mol. The van der Waals surface area contributed by atoms with E-state index in [0.29, 0.717) is 40.8 Å². The summed E-state index contributed by atoms with van der Waals surface area (Å²) in [5.41, 5.74) is 4.03. The Kier molecular flexibility index (Phi) is 6.31. The van der Waals surface area contributed by atoms with E-state index in [4.69, 9.17) is 21.1 Å². The summed E-state index contributed by atoms with van der Waals surface area (Å²) in [4.78, 5) is 12.6. The molecule has 35 heavy (non-hydrogen) atoms. The average Bonchev–Trinajstić information content (AvgIpc) is 2.88. The van der Waals surface area contributed by atoms with Crippen LogP contribution in [0.3, 0.4) is 0 Å². The van der Waals surface area contributed by atoms with E-state index in [0.717, 1.165) is 22.4 Å². The second-order valence-corrected chi connectivity index (χ2v) is 9.06. The molecule has 0 bridgehead atoms. The number of ether oxygens (including phenoxy) is 2. The molecule has 5 rings (SSSR count). The number of carbonyl (C=O) groups is 1. The van der Waals surface area contributed by atoms with Gasteiger partial charge >= 0.3 is 0 Å². The Morgan fingerprint density at radius 3 is 2.51 bits per heavy atom. The highest BCUT2D eigenvalue weighted by molar-refractivity contribution is 6.30. The Morgan fingerprint density at radius 2 is 1.80 bits per heavy atom. The zero-order valence-electron chi connectivity index (χ0n) is 19.1. The third-order valence-corrected chi connectivity index (χ3v) is 6.65. The lowest BCUT2D eigenvalue weighted by Crippen LogP contribution is -2.28. The number of benzene rings is 3. The maximum atomic E-state index is 12.6. The average molecular weight is 483 g/mol. The van der Waals surface area contributed by atoms with Crippen molar-refractivity contribution in [3.05, 3.63) is 118 Å². The SMILES string of the molecule is COc1ccc2c(c1)OC(NC1=CC(=O)CC(c3ccccc3)C1)=C(C#N)C2c1ccc(Cl)cc1. The standard InChI is InChI=1S/C29H23ClN2O3/c1-34-24-11-12-25-27(16-24)35-29(26(17-31)28(25)19-7-9-21(30)10-8-19)32-22-13-20(14-23(33)15-22)18-5-3-2-4-6-18/h2-12,15-16,20,28,32H,13-14H2,1H3. The number of ketones is 1. The van der Waals surface area contributed by atoms with Gasteiger partial charge in [0.05, 0.1) is 13.0 Å². The normalized spacial score (nSPS) is 19.2. The van der Waals surface area contributed by atoms with Gasteiger partial charge in [0.15, 0.2) is 5.78 Å². The quantitative estimate of drug-likeness (QED) is 0.467. The predicted molar refractivity (Wildman–Crippen MR) is 134 cm³/mol. The van der Waals surface area contributed by atoms with Crippen molar-refractivity contribution in [1.29, 1.82) is 5.26 Å². The van der Waals surface area contributed by atoms with Crippen molar-refractivity contribution in [1.82, 2.24) is 5.32 Å². The van der Waals surface area contributed by atoms with Crippen LogP contribution < -0.4 is 14.8 Å². The lowest BCUT2D eigenvalue weighted by molar-refractivity contribution is -0.115. The minimum absolute atomic E-state index is 0.0406.